The summed E-state index contributed by atoms with van der Waals surface area (Å²) in [6, 6.07) is 12.8. The summed E-state index contributed by atoms with van der Waals surface area (Å²) in [7, 11) is 1.29. The second kappa shape index (κ2) is 8.99. The van der Waals surface area contributed by atoms with Crippen molar-refractivity contribution >= 4 is 42.3 Å². The largest absolute Gasteiger partial charge is 0.464 e. The van der Waals surface area contributed by atoms with Crippen molar-refractivity contribution in [2.45, 2.75) is 11.3 Å². The van der Waals surface area contributed by atoms with Gasteiger partial charge in [-0.1, -0.05) is 23.9 Å². The Balaban J connectivity index is 1.49. The number of benzene rings is 1. The number of carbonyl (C=O) groups is 2. The van der Waals surface area contributed by atoms with Crippen LogP contribution in [-0.2, 0) is 16.1 Å². The SMILES string of the molecule is COC(=O)c1ccc(-c2ccc(/C=C3\SC(S)N(Cc4ccc(F)cc4)C3=O)o2)cn1. The van der Waals surface area contributed by atoms with Gasteiger partial charge in [0.05, 0.1) is 12.0 Å². The highest BCUT2D eigenvalue weighted by Crippen LogP contribution is 2.39. The Morgan fingerprint density at radius 3 is 2.71 bits per heavy atom. The van der Waals surface area contributed by atoms with Gasteiger partial charge in [0, 0.05) is 24.4 Å². The number of ether oxygens (including phenoxy) is 1. The van der Waals surface area contributed by atoms with Crippen LogP contribution in [0.3, 0.4) is 0 Å². The van der Waals surface area contributed by atoms with E-state index in [0.29, 0.717) is 28.5 Å². The first kappa shape index (κ1) is 21.2. The summed E-state index contributed by atoms with van der Waals surface area (Å²) < 4.78 is 23.2. The lowest BCUT2D eigenvalue weighted by Crippen LogP contribution is -2.28. The lowest BCUT2D eigenvalue weighted by molar-refractivity contribution is -0.125. The van der Waals surface area contributed by atoms with E-state index in [-0.39, 0.29) is 22.1 Å². The van der Waals surface area contributed by atoms with Gasteiger partial charge in [-0.15, -0.1) is 12.6 Å². The summed E-state index contributed by atoms with van der Waals surface area (Å²) in [6.45, 7) is 0.333. The lowest BCUT2D eigenvalue weighted by atomic mass is 10.2. The molecule has 1 unspecified atom stereocenters. The Hall–Kier alpha value is -3.04. The van der Waals surface area contributed by atoms with Gasteiger partial charge in [-0.05, 0) is 42.0 Å². The minimum Gasteiger partial charge on any atom is -0.464 e. The number of pyridine rings is 1. The number of hydrogen-bond donors (Lipinski definition) is 1. The van der Waals surface area contributed by atoms with Crippen LogP contribution >= 0.6 is 24.4 Å². The molecule has 9 heteroatoms. The maximum absolute atomic E-state index is 13.1. The van der Waals surface area contributed by atoms with E-state index in [1.54, 1.807) is 47.4 Å². The van der Waals surface area contributed by atoms with E-state index in [9.17, 15) is 14.0 Å². The van der Waals surface area contributed by atoms with Crippen molar-refractivity contribution in [3.8, 4) is 11.3 Å². The normalized spacial score (nSPS) is 17.4. The van der Waals surface area contributed by atoms with Gasteiger partial charge >= 0.3 is 5.97 Å². The van der Waals surface area contributed by atoms with Crippen LogP contribution in [0.15, 0.2) is 64.1 Å². The zero-order chi connectivity index (χ0) is 22.0. The van der Waals surface area contributed by atoms with Crippen molar-refractivity contribution in [2.24, 2.45) is 0 Å². The molecule has 1 atom stereocenters. The fourth-order valence-corrected chi connectivity index (χ4v) is 4.44. The number of rotatable bonds is 5. The van der Waals surface area contributed by atoms with Crippen LogP contribution < -0.4 is 0 Å². The van der Waals surface area contributed by atoms with Gasteiger partial charge in [0.15, 0.2) is 0 Å². The van der Waals surface area contributed by atoms with Gasteiger partial charge < -0.3 is 14.1 Å². The molecule has 0 radical (unpaired) electrons. The van der Waals surface area contributed by atoms with E-state index in [1.807, 2.05) is 0 Å². The maximum Gasteiger partial charge on any atom is 0.356 e. The molecule has 1 fully saturated rings. The fraction of sp³-hybridized carbons (Fsp3) is 0.136. The predicted molar refractivity (Wildman–Crippen MR) is 119 cm³/mol. The van der Waals surface area contributed by atoms with Gasteiger partial charge in [-0.25, -0.2) is 14.2 Å². The molecule has 3 heterocycles. The third kappa shape index (κ3) is 4.67. The smallest absolute Gasteiger partial charge is 0.356 e. The number of nitrogens with zero attached hydrogens (tertiary/aromatic N) is 2. The van der Waals surface area contributed by atoms with Gasteiger partial charge in [-0.2, -0.15) is 0 Å². The average molecular weight is 457 g/mol. The Morgan fingerprint density at radius 1 is 1.26 bits per heavy atom. The quantitative estimate of drug-likeness (QED) is 0.344. The molecule has 0 saturated carbocycles. The molecular formula is C22H17FN2O4S2. The van der Waals surface area contributed by atoms with Gasteiger partial charge in [0.1, 0.15) is 27.7 Å². The molecule has 0 bridgehead atoms. The number of amides is 1. The van der Waals surface area contributed by atoms with Crippen molar-refractivity contribution in [3.63, 3.8) is 0 Å². The molecule has 6 nitrogen and oxygen atoms in total. The molecule has 158 valence electrons. The highest BCUT2D eigenvalue weighted by atomic mass is 32.2. The van der Waals surface area contributed by atoms with Crippen LogP contribution in [-0.4, -0.2) is 33.6 Å². The van der Waals surface area contributed by atoms with Crippen LogP contribution in [0.1, 0.15) is 21.8 Å². The number of furan rings is 1. The second-order valence-corrected chi connectivity index (χ2v) is 8.60. The maximum atomic E-state index is 13.1. The van der Waals surface area contributed by atoms with Crippen LogP contribution in [0.4, 0.5) is 4.39 Å². The monoisotopic (exact) mass is 456 g/mol. The van der Waals surface area contributed by atoms with E-state index >= 15 is 0 Å². The number of aromatic nitrogens is 1. The minimum atomic E-state index is -0.514. The molecule has 0 N–H and O–H groups in total. The topological polar surface area (TPSA) is 72.6 Å². The van der Waals surface area contributed by atoms with Gasteiger partial charge in [0.2, 0.25) is 0 Å². The van der Waals surface area contributed by atoms with Crippen LogP contribution in [0, 0.1) is 5.82 Å². The van der Waals surface area contributed by atoms with Crippen molar-refractivity contribution in [1.29, 1.82) is 0 Å². The molecule has 0 aliphatic carbocycles. The average Bonchev–Trinajstić information content (AvgIpc) is 3.35. The number of thioether (sulfide) groups is 1. The standard InChI is InChI=1S/C22H17FN2O4S2/c1-28-21(27)17-8-4-14(11-24-17)18-9-7-16(29-18)10-19-20(26)25(22(30)31-19)12-13-2-5-15(23)6-3-13/h2-11,22,30H,12H2,1H3/b19-10-. The molecule has 1 amide bonds. The highest BCUT2D eigenvalue weighted by molar-refractivity contribution is 8.14. The number of thiol groups is 1. The summed E-state index contributed by atoms with van der Waals surface area (Å²) >= 11 is 5.81. The molecule has 31 heavy (non-hydrogen) atoms. The molecular weight excluding hydrogens is 439 g/mol. The predicted octanol–water partition coefficient (Wildman–Crippen LogP) is 4.60. The summed E-state index contributed by atoms with van der Waals surface area (Å²) in [4.78, 5) is 30.5. The van der Waals surface area contributed by atoms with Gasteiger partial charge in [-0.3, -0.25) is 4.79 Å². The van der Waals surface area contributed by atoms with Crippen molar-refractivity contribution in [2.75, 3.05) is 7.11 Å². The van der Waals surface area contributed by atoms with E-state index in [2.05, 4.69) is 22.3 Å². The summed E-state index contributed by atoms with van der Waals surface area (Å²) in [6.07, 6.45) is 3.19. The van der Waals surface area contributed by atoms with Crippen LogP contribution in [0.2, 0.25) is 0 Å². The number of esters is 1. The number of hydrogen-bond acceptors (Lipinski definition) is 7. The Morgan fingerprint density at radius 2 is 2.03 bits per heavy atom. The lowest BCUT2D eigenvalue weighted by Gasteiger charge is -2.19. The summed E-state index contributed by atoms with van der Waals surface area (Å²) in [5.41, 5.74) is 1.71. The summed E-state index contributed by atoms with van der Waals surface area (Å²) in [5.74, 6) is 0.0533. The zero-order valence-electron chi connectivity index (χ0n) is 16.3. The number of halogens is 1. The van der Waals surface area contributed by atoms with Crippen molar-refractivity contribution in [3.05, 3.63) is 82.5 Å². The van der Waals surface area contributed by atoms with Crippen molar-refractivity contribution < 1.29 is 23.1 Å². The molecule has 4 rings (SSSR count). The van der Waals surface area contributed by atoms with Crippen LogP contribution in [0.25, 0.3) is 17.4 Å². The number of carbonyl (C=O) groups excluding carboxylic acids is 2. The third-order valence-electron chi connectivity index (χ3n) is 4.58. The van der Waals surface area contributed by atoms with Crippen molar-refractivity contribution in [1.82, 2.24) is 9.88 Å². The molecule has 1 saturated heterocycles. The van der Waals surface area contributed by atoms with Crippen LogP contribution in [0.5, 0.6) is 0 Å². The molecule has 1 aliphatic heterocycles. The molecule has 1 aromatic carbocycles. The number of methoxy groups -OCH3 is 1. The first-order chi connectivity index (χ1) is 14.9. The minimum absolute atomic E-state index is 0.170. The Bertz CT molecular complexity index is 1140. The molecule has 0 spiro atoms. The van der Waals surface area contributed by atoms with E-state index < -0.39 is 5.97 Å². The van der Waals surface area contributed by atoms with Gasteiger partial charge in [0.25, 0.3) is 5.91 Å². The Labute approximate surface area is 187 Å². The molecule has 2 aromatic heterocycles. The van der Waals surface area contributed by atoms with E-state index in [4.69, 9.17) is 4.42 Å². The Kier molecular flexibility index (Phi) is 6.15. The zero-order valence-corrected chi connectivity index (χ0v) is 18.0. The van der Waals surface area contributed by atoms with E-state index in [0.717, 1.165) is 5.56 Å². The van der Waals surface area contributed by atoms with E-state index in [1.165, 1.54) is 37.2 Å². The molecule has 3 aromatic rings. The fourth-order valence-electron chi connectivity index (χ4n) is 2.98. The third-order valence-corrected chi connectivity index (χ3v) is 6.19. The highest BCUT2D eigenvalue weighted by Gasteiger charge is 2.34. The summed E-state index contributed by atoms with van der Waals surface area (Å²) in [5, 5.41) is 0. The molecule has 1 aliphatic rings. The second-order valence-electron chi connectivity index (χ2n) is 6.64. The first-order valence-electron chi connectivity index (χ1n) is 9.21. The first-order valence-corrected chi connectivity index (χ1v) is 10.6.